The molecule has 0 amide bonds. The van der Waals surface area contributed by atoms with Crippen LogP contribution < -0.4 is 5.32 Å². The fourth-order valence-electron chi connectivity index (χ4n) is 1.76. The normalized spacial score (nSPS) is 10.1. The highest BCUT2D eigenvalue weighted by Crippen LogP contribution is 2.12. The topological polar surface area (TPSA) is 79.4 Å². The van der Waals surface area contributed by atoms with Crippen molar-refractivity contribution in [2.45, 2.75) is 19.9 Å². The second-order valence-corrected chi connectivity index (χ2v) is 3.89. The summed E-state index contributed by atoms with van der Waals surface area (Å²) < 4.78 is 1.79. The summed E-state index contributed by atoms with van der Waals surface area (Å²) in [5.74, 6) is 0.505. The Labute approximate surface area is 105 Å². The molecule has 0 saturated heterocycles. The molecular formula is C12H14N6. The first kappa shape index (κ1) is 12.0. The van der Waals surface area contributed by atoms with Gasteiger partial charge in [0.1, 0.15) is 6.07 Å². The number of aryl methyl sites for hydroxylation is 2. The largest absolute Gasteiger partial charge is 0.363 e. The van der Waals surface area contributed by atoms with Crippen molar-refractivity contribution in [1.82, 2.24) is 20.0 Å². The van der Waals surface area contributed by atoms with Gasteiger partial charge in [-0.15, -0.1) is 5.10 Å². The van der Waals surface area contributed by atoms with Crippen LogP contribution in [0.2, 0.25) is 0 Å². The molecule has 0 aliphatic carbocycles. The average Bonchev–Trinajstić information content (AvgIpc) is 2.77. The van der Waals surface area contributed by atoms with Crippen LogP contribution in [-0.2, 0) is 20.0 Å². The minimum atomic E-state index is 0.493. The van der Waals surface area contributed by atoms with Gasteiger partial charge in [-0.1, -0.05) is 6.92 Å². The van der Waals surface area contributed by atoms with Gasteiger partial charge in [0.25, 0.3) is 0 Å². The van der Waals surface area contributed by atoms with Crippen LogP contribution >= 0.6 is 0 Å². The summed E-state index contributed by atoms with van der Waals surface area (Å²) in [6.07, 6.45) is 4.35. The van der Waals surface area contributed by atoms with Crippen molar-refractivity contribution < 1.29 is 0 Å². The lowest BCUT2D eigenvalue weighted by Gasteiger charge is -2.05. The van der Waals surface area contributed by atoms with E-state index in [1.807, 2.05) is 13.2 Å². The van der Waals surface area contributed by atoms with Gasteiger partial charge in [0.2, 0.25) is 0 Å². The molecule has 0 unspecified atom stereocenters. The van der Waals surface area contributed by atoms with Gasteiger partial charge in [-0.3, -0.25) is 4.68 Å². The van der Waals surface area contributed by atoms with Crippen LogP contribution in [0.4, 0.5) is 5.82 Å². The van der Waals surface area contributed by atoms with E-state index in [1.165, 1.54) is 6.20 Å². The molecule has 6 nitrogen and oxygen atoms in total. The zero-order valence-corrected chi connectivity index (χ0v) is 10.4. The Kier molecular flexibility index (Phi) is 3.53. The van der Waals surface area contributed by atoms with E-state index in [4.69, 9.17) is 5.26 Å². The Bertz CT molecular complexity index is 580. The van der Waals surface area contributed by atoms with Crippen molar-refractivity contribution in [3.05, 3.63) is 35.3 Å². The molecule has 2 aromatic rings. The van der Waals surface area contributed by atoms with Crippen LogP contribution in [0.15, 0.2) is 18.5 Å². The number of hydrogen-bond acceptors (Lipinski definition) is 5. The molecule has 1 N–H and O–H groups in total. The Morgan fingerprint density at radius 1 is 1.50 bits per heavy atom. The van der Waals surface area contributed by atoms with Gasteiger partial charge < -0.3 is 5.32 Å². The smallest absolute Gasteiger partial charge is 0.166 e. The van der Waals surface area contributed by atoms with Crippen molar-refractivity contribution in [1.29, 1.82) is 5.26 Å². The number of nitrogens with zero attached hydrogens (tertiary/aromatic N) is 5. The van der Waals surface area contributed by atoms with Crippen molar-refractivity contribution in [3.8, 4) is 6.07 Å². The number of hydrogen-bond donors (Lipinski definition) is 1. The predicted molar refractivity (Wildman–Crippen MR) is 66.7 cm³/mol. The van der Waals surface area contributed by atoms with E-state index in [1.54, 1.807) is 10.7 Å². The monoisotopic (exact) mass is 242 g/mol. The summed E-state index contributed by atoms with van der Waals surface area (Å²) in [5, 5.41) is 24.1. The van der Waals surface area contributed by atoms with Crippen LogP contribution in [0.5, 0.6) is 0 Å². The molecule has 0 aliphatic rings. The van der Waals surface area contributed by atoms with E-state index in [-0.39, 0.29) is 0 Å². The lowest BCUT2D eigenvalue weighted by molar-refractivity contribution is 0.746. The SMILES string of the molecule is CCc1nn(C)cc1CNc1nnccc1C#N. The van der Waals surface area contributed by atoms with Gasteiger partial charge in [-0.2, -0.15) is 15.5 Å². The number of nitrogens with one attached hydrogen (secondary N) is 1. The maximum Gasteiger partial charge on any atom is 0.166 e. The van der Waals surface area contributed by atoms with Crippen LogP contribution in [0.3, 0.4) is 0 Å². The third kappa shape index (κ3) is 2.46. The minimum absolute atomic E-state index is 0.493. The Morgan fingerprint density at radius 3 is 3.06 bits per heavy atom. The first-order valence-corrected chi connectivity index (χ1v) is 5.71. The zero-order valence-electron chi connectivity index (χ0n) is 10.4. The number of rotatable bonds is 4. The number of aromatic nitrogens is 4. The van der Waals surface area contributed by atoms with Gasteiger partial charge in [0.05, 0.1) is 17.5 Å². The molecule has 0 aliphatic heterocycles. The summed E-state index contributed by atoms with van der Waals surface area (Å²) >= 11 is 0. The average molecular weight is 242 g/mol. The van der Waals surface area contributed by atoms with Gasteiger partial charge in [-0.05, 0) is 12.5 Å². The zero-order chi connectivity index (χ0) is 13.0. The molecule has 0 atom stereocenters. The van der Waals surface area contributed by atoms with Gasteiger partial charge in [0.15, 0.2) is 5.82 Å². The molecule has 18 heavy (non-hydrogen) atoms. The van der Waals surface area contributed by atoms with Crippen molar-refractivity contribution >= 4 is 5.82 Å². The molecule has 92 valence electrons. The quantitative estimate of drug-likeness (QED) is 0.873. The summed E-state index contributed by atoms with van der Waals surface area (Å²) in [5.41, 5.74) is 2.65. The Balaban J connectivity index is 2.14. The van der Waals surface area contributed by atoms with E-state index in [2.05, 4.69) is 33.6 Å². The highest BCUT2D eigenvalue weighted by atomic mass is 15.3. The van der Waals surface area contributed by atoms with Crippen molar-refractivity contribution in [3.63, 3.8) is 0 Å². The number of nitriles is 1. The van der Waals surface area contributed by atoms with Crippen LogP contribution in [0.25, 0.3) is 0 Å². The molecule has 0 bridgehead atoms. The third-order valence-corrected chi connectivity index (χ3v) is 2.61. The van der Waals surface area contributed by atoms with Gasteiger partial charge >= 0.3 is 0 Å². The summed E-state index contributed by atoms with van der Waals surface area (Å²) in [4.78, 5) is 0. The van der Waals surface area contributed by atoms with Crippen LogP contribution in [0.1, 0.15) is 23.7 Å². The van der Waals surface area contributed by atoms with Gasteiger partial charge in [-0.25, -0.2) is 0 Å². The molecule has 0 aromatic carbocycles. The third-order valence-electron chi connectivity index (χ3n) is 2.61. The maximum atomic E-state index is 8.95. The molecule has 0 radical (unpaired) electrons. The first-order valence-electron chi connectivity index (χ1n) is 5.71. The molecule has 2 heterocycles. The van der Waals surface area contributed by atoms with Crippen LogP contribution in [-0.4, -0.2) is 20.0 Å². The van der Waals surface area contributed by atoms with Crippen molar-refractivity contribution in [2.24, 2.45) is 7.05 Å². The minimum Gasteiger partial charge on any atom is -0.363 e. The fraction of sp³-hybridized carbons (Fsp3) is 0.333. The Hall–Kier alpha value is -2.42. The molecular weight excluding hydrogens is 228 g/mol. The highest BCUT2D eigenvalue weighted by Gasteiger charge is 2.07. The predicted octanol–water partition coefficient (Wildman–Crippen LogP) is 1.26. The van der Waals surface area contributed by atoms with E-state index in [9.17, 15) is 0 Å². The lowest BCUT2D eigenvalue weighted by Crippen LogP contribution is -2.05. The van der Waals surface area contributed by atoms with Gasteiger partial charge in [0, 0.05) is 25.4 Å². The molecule has 2 rings (SSSR count). The standard InChI is InChI=1S/C12H14N6/c1-3-11-10(8-18(2)17-11)7-14-12-9(6-13)4-5-15-16-12/h4-5,8H,3,7H2,1-2H3,(H,14,16). The second-order valence-electron chi connectivity index (χ2n) is 3.89. The molecule has 0 saturated carbocycles. The lowest BCUT2D eigenvalue weighted by atomic mass is 10.2. The summed E-state index contributed by atoms with van der Waals surface area (Å²) in [6, 6.07) is 3.72. The maximum absolute atomic E-state index is 8.95. The van der Waals surface area contributed by atoms with E-state index in [0.29, 0.717) is 17.9 Å². The van der Waals surface area contributed by atoms with E-state index < -0.39 is 0 Å². The summed E-state index contributed by atoms with van der Waals surface area (Å²) in [7, 11) is 1.89. The fourth-order valence-corrected chi connectivity index (χ4v) is 1.76. The second kappa shape index (κ2) is 5.27. The van der Waals surface area contributed by atoms with Crippen molar-refractivity contribution in [2.75, 3.05) is 5.32 Å². The first-order chi connectivity index (χ1) is 8.74. The van der Waals surface area contributed by atoms with Crippen LogP contribution in [0, 0.1) is 11.3 Å². The molecule has 0 fully saturated rings. The molecule has 6 heteroatoms. The highest BCUT2D eigenvalue weighted by molar-refractivity contribution is 5.50. The van der Waals surface area contributed by atoms with E-state index in [0.717, 1.165) is 17.7 Å². The van der Waals surface area contributed by atoms with E-state index >= 15 is 0 Å². The number of anilines is 1. The summed E-state index contributed by atoms with van der Waals surface area (Å²) in [6.45, 7) is 2.65. The molecule has 0 spiro atoms. The molecule has 2 aromatic heterocycles. The Morgan fingerprint density at radius 2 is 2.33 bits per heavy atom.